The first kappa shape index (κ1) is 54.5. The molecule has 2 atom stereocenters. The van der Waals surface area contributed by atoms with Crippen LogP contribution in [0.15, 0.2) is 111 Å². The molecule has 0 aromatic heterocycles. The number of alkyl halides is 3. The van der Waals surface area contributed by atoms with E-state index < -0.39 is 47.3 Å². The molecule has 4 N–H and O–H groups in total. The maximum absolute atomic E-state index is 13.5. The van der Waals surface area contributed by atoms with Crippen LogP contribution in [0.2, 0.25) is 10.0 Å². The average Bonchev–Trinajstić information content (AvgIpc) is 3.32. The van der Waals surface area contributed by atoms with Gasteiger partial charge in [0.2, 0.25) is 12.1 Å². The number of halogens is 5. The fourth-order valence-corrected chi connectivity index (χ4v) is 7.69. The molecule has 5 rings (SSSR count). The Morgan fingerprint density at radius 1 is 0.557 bits per heavy atom. The molecule has 70 heavy (non-hydrogen) atoms. The number of ketones is 2. The van der Waals surface area contributed by atoms with Gasteiger partial charge in [-0.05, 0) is 124 Å². The van der Waals surface area contributed by atoms with E-state index in [1.807, 2.05) is 26.0 Å². The quantitative estimate of drug-likeness (QED) is 0.0279. The third kappa shape index (κ3) is 14.6. The second-order valence-corrected chi connectivity index (χ2v) is 16.8. The summed E-state index contributed by atoms with van der Waals surface area (Å²) in [5.74, 6) is -2.62. The molecular formula is C49H47Cl5N8O8. The summed E-state index contributed by atoms with van der Waals surface area (Å²) >= 11 is 31.3. The number of carbonyl (C=O) groups excluding carboxylic acids is 6. The Kier molecular flexibility index (Phi) is 20.7. The van der Waals surface area contributed by atoms with Gasteiger partial charge in [-0.1, -0.05) is 47.5 Å². The largest absolute Gasteiger partial charge is 0.492 e. The van der Waals surface area contributed by atoms with Gasteiger partial charge in [0.1, 0.15) is 22.9 Å². The lowest BCUT2D eigenvalue weighted by atomic mass is 10.1. The van der Waals surface area contributed by atoms with Gasteiger partial charge in [-0.15, -0.1) is 34.8 Å². The van der Waals surface area contributed by atoms with Crippen LogP contribution in [0.1, 0.15) is 65.1 Å². The highest BCUT2D eigenvalue weighted by molar-refractivity contribution is 6.37. The second kappa shape index (κ2) is 26.5. The molecule has 21 heteroatoms. The maximum atomic E-state index is 13.5. The van der Waals surface area contributed by atoms with Gasteiger partial charge in [0.05, 0.1) is 45.8 Å². The maximum Gasteiger partial charge on any atom is 0.258 e. The highest BCUT2D eigenvalue weighted by Crippen LogP contribution is 2.34. The van der Waals surface area contributed by atoms with Crippen LogP contribution in [0.25, 0.3) is 0 Å². The Morgan fingerprint density at radius 3 is 1.41 bits per heavy atom. The number of nitrogens with one attached hydrogen (secondary N) is 4. The van der Waals surface area contributed by atoms with Gasteiger partial charge in [-0.25, -0.2) is 0 Å². The molecule has 0 spiro atoms. The summed E-state index contributed by atoms with van der Waals surface area (Å²) in [6, 6.07) is 20.5. The number of anilines is 4. The predicted molar refractivity (Wildman–Crippen MR) is 274 cm³/mol. The van der Waals surface area contributed by atoms with Crippen molar-refractivity contribution in [2.24, 2.45) is 20.5 Å². The topological polar surface area (TPSA) is 218 Å². The molecule has 4 amide bonds. The van der Waals surface area contributed by atoms with Crippen LogP contribution >= 0.6 is 58.0 Å². The van der Waals surface area contributed by atoms with Gasteiger partial charge in [0.15, 0.2) is 11.6 Å². The number of nitrogens with zero attached hydrogens (tertiary/aromatic N) is 4. The van der Waals surface area contributed by atoms with Crippen LogP contribution < -0.4 is 30.7 Å². The normalized spacial score (nSPS) is 12.0. The summed E-state index contributed by atoms with van der Waals surface area (Å²) < 4.78 is 11.4. The van der Waals surface area contributed by atoms with Crippen molar-refractivity contribution in [1.29, 1.82) is 0 Å². The predicted octanol–water partition coefficient (Wildman–Crippen LogP) is 12.0. The van der Waals surface area contributed by atoms with E-state index in [1.54, 1.807) is 24.3 Å². The summed E-state index contributed by atoms with van der Waals surface area (Å²) in [6.45, 7) is 6.64. The van der Waals surface area contributed by atoms with Crippen molar-refractivity contribution in [2.45, 2.75) is 58.5 Å². The number of carbonyl (C=O) groups is 6. The van der Waals surface area contributed by atoms with Gasteiger partial charge in [0, 0.05) is 29.0 Å². The van der Waals surface area contributed by atoms with Gasteiger partial charge in [-0.3, -0.25) is 28.8 Å². The van der Waals surface area contributed by atoms with E-state index in [1.165, 1.54) is 54.6 Å². The summed E-state index contributed by atoms with van der Waals surface area (Å²) in [4.78, 5) is 79.1. The number of hydrogen-bond donors (Lipinski definition) is 4. The van der Waals surface area contributed by atoms with Gasteiger partial charge < -0.3 is 30.7 Å². The highest BCUT2D eigenvalue weighted by Gasteiger charge is 2.27. The third-order valence-electron chi connectivity index (χ3n) is 10.0. The minimum atomic E-state index is -1.64. The summed E-state index contributed by atoms with van der Waals surface area (Å²) in [7, 11) is 0. The van der Waals surface area contributed by atoms with Crippen LogP contribution in [0.5, 0.6) is 11.5 Å². The molecule has 0 aliphatic carbocycles. The first-order valence-corrected chi connectivity index (χ1v) is 23.9. The van der Waals surface area contributed by atoms with Crippen molar-refractivity contribution in [3.63, 3.8) is 0 Å². The van der Waals surface area contributed by atoms with E-state index in [0.29, 0.717) is 66.3 Å². The third-order valence-corrected chi connectivity index (χ3v) is 11.5. The summed E-state index contributed by atoms with van der Waals surface area (Å²) in [6.07, 6.45) is 1.22. The minimum Gasteiger partial charge on any atom is -0.492 e. The summed E-state index contributed by atoms with van der Waals surface area (Å²) in [5, 5.41) is 26.7. The number of benzene rings is 5. The fourth-order valence-electron chi connectivity index (χ4n) is 6.54. The number of rotatable bonds is 23. The zero-order chi connectivity index (χ0) is 50.9. The minimum absolute atomic E-state index is 0.0120. The van der Waals surface area contributed by atoms with E-state index in [2.05, 4.69) is 41.7 Å². The van der Waals surface area contributed by atoms with Crippen molar-refractivity contribution in [2.75, 3.05) is 46.2 Å². The molecular weight excluding hydrogens is 1010 g/mol. The van der Waals surface area contributed by atoms with Gasteiger partial charge in [0.25, 0.3) is 23.6 Å². The monoisotopic (exact) mass is 1050 g/mol. The van der Waals surface area contributed by atoms with Crippen LogP contribution in [0.4, 0.5) is 34.1 Å². The standard InChI is InChI=1S/C49H47Cl5N8O8/c1-5-69-40-23-29(19-21-50)13-16-36(40)57-46(65)33-9-7-11-38(42(33)53)59-61-44(27(3)63)48(67)55-32-15-18-35(31(25-32)26-52)56-49(68)45(28(4)64)62-60-39-12-8-10-34(43(39)54)47(66)58-37-17-14-30(20-22-51)24-41(37)70-6-2/h7-18,23-25,44-45H,5-6,19-22,26H2,1-4H3,(H,55,67)(H,56,68)(H,57,65)(H,58,66). The number of hydrogen-bond acceptors (Lipinski definition) is 12. The number of ether oxygens (including phenoxy) is 2. The molecule has 2 unspecified atom stereocenters. The van der Waals surface area contributed by atoms with Crippen LogP contribution in [0.3, 0.4) is 0 Å². The Labute approximate surface area is 428 Å². The molecule has 0 saturated carbocycles. The lowest BCUT2D eigenvalue weighted by molar-refractivity contribution is -0.127. The molecule has 0 radical (unpaired) electrons. The van der Waals surface area contributed by atoms with E-state index in [0.717, 1.165) is 25.0 Å². The molecule has 0 aliphatic rings. The van der Waals surface area contributed by atoms with Gasteiger partial charge >= 0.3 is 0 Å². The second-order valence-electron chi connectivity index (χ2n) is 15.0. The highest BCUT2D eigenvalue weighted by atomic mass is 35.5. The fraction of sp³-hybridized carbons (Fsp3) is 0.265. The zero-order valence-corrected chi connectivity index (χ0v) is 42.0. The van der Waals surface area contributed by atoms with Crippen LogP contribution in [-0.4, -0.2) is 72.3 Å². The van der Waals surface area contributed by atoms with E-state index >= 15 is 0 Å². The van der Waals surface area contributed by atoms with Crippen LogP contribution in [0, 0.1) is 0 Å². The first-order valence-electron chi connectivity index (χ1n) is 21.6. The Bertz CT molecular complexity index is 2830. The lowest BCUT2D eigenvalue weighted by Gasteiger charge is -2.15. The number of amides is 4. The average molecular weight is 1050 g/mol. The Morgan fingerprint density at radius 2 is 1.00 bits per heavy atom. The molecule has 16 nitrogen and oxygen atoms in total. The SMILES string of the molecule is CCOc1cc(CCCl)ccc1NC(=O)c1cccc(N=NC(C(C)=O)C(=O)Nc2ccc(NC(=O)C(N=Nc3cccc(C(=O)Nc4ccc(CCCl)cc4OCC)c3Cl)C(C)=O)c(CCl)c2)c1Cl. The van der Waals surface area contributed by atoms with E-state index in [4.69, 9.17) is 67.5 Å². The molecule has 0 saturated heterocycles. The van der Waals surface area contributed by atoms with Crippen molar-refractivity contribution >= 4 is 127 Å². The molecule has 5 aromatic carbocycles. The molecule has 0 heterocycles. The lowest BCUT2D eigenvalue weighted by Crippen LogP contribution is -2.32. The smallest absolute Gasteiger partial charge is 0.258 e. The van der Waals surface area contributed by atoms with Crippen molar-refractivity contribution in [3.8, 4) is 11.5 Å². The summed E-state index contributed by atoms with van der Waals surface area (Å²) in [5.41, 5.74) is 3.46. The van der Waals surface area contributed by atoms with Crippen molar-refractivity contribution in [1.82, 2.24) is 0 Å². The number of aryl methyl sites for hydroxylation is 2. The zero-order valence-electron chi connectivity index (χ0n) is 38.2. The molecule has 0 aliphatic heterocycles. The molecule has 0 bridgehead atoms. The number of azo groups is 2. The van der Waals surface area contributed by atoms with Crippen LogP contribution in [-0.2, 0) is 37.9 Å². The molecule has 366 valence electrons. The Hall–Kier alpha value is -6.43. The van der Waals surface area contributed by atoms with Crippen molar-refractivity contribution in [3.05, 3.63) is 129 Å². The molecule has 5 aromatic rings. The number of Topliss-reactive ketones (excluding diaryl/α,β-unsaturated/α-hetero) is 2. The molecule has 0 fully saturated rings. The Balaban J connectivity index is 1.26. The van der Waals surface area contributed by atoms with Gasteiger partial charge in [-0.2, -0.15) is 20.5 Å². The van der Waals surface area contributed by atoms with Crippen molar-refractivity contribution < 1.29 is 38.2 Å². The first-order chi connectivity index (χ1) is 33.6. The van der Waals surface area contributed by atoms with E-state index in [9.17, 15) is 28.8 Å². The van der Waals surface area contributed by atoms with E-state index in [-0.39, 0.29) is 49.8 Å².